The standard InChI is InChI=1S/C23H25N6O5PS/c1-28(25)27-18(24)11-29-21(14-9-8-13(33-2)10-16(14)12-6-7-12)26-22-19(23(29)30)15-4-3-5-17(20(15)36-22)34-35(31)32/h3-5,8-10,12,31-32H,6-7,11,25H2,1-2H3,(H2,24,27). The minimum atomic E-state index is -2.62. The first-order chi connectivity index (χ1) is 17.3. The average Bonchev–Trinajstić information content (AvgIpc) is 3.60. The van der Waals surface area contributed by atoms with Crippen molar-refractivity contribution < 1.29 is 19.0 Å². The van der Waals surface area contributed by atoms with Crippen molar-refractivity contribution in [3.63, 3.8) is 0 Å². The Labute approximate surface area is 211 Å². The monoisotopic (exact) mass is 528 g/mol. The fraction of sp³-hybridized carbons (Fsp3) is 0.261. The van der Waals surface area contributed by atoms with Crippen LogP contribution in [0, 0.1) is 0 Å². The van der Waals surface area contributed by atoms with E-state index < -0.39 is 8.60 Å². The maximum atomic E-state index is 14.0. The molecule has 1 aliphatic rings. The number of amidine groups is 1. The van der Waals surface area contributed by atoms with Crippen LogP contribution in [-0.4, -0.2) is 44.4 Å². The summed E-state index contributed by atoms with van der Waals surface area (Å²) in [6, 6.07) is 10.8. The van der Waals surface area contributed by atoms with Gasteiger partial charge in [-0.1, -0.05) is 12.1 Å². The Morgan fingerprint density at radius 1 is 1.33 bits per heavy atom. The number of hydrogen-bond donors (Lipinski definition) is 4. The topological polar surface area (TPSA) is 161 Å². The average molecular weight is 529 g/mol. The van der Waals surface area contributed by atoms with E-state index in [4.69, 9.17) is 25.8 Å². The Morgan fingerprint density at radius 3 is 2.78 bits per heavy atom. The van der Waals surface area contributed by atoms with Gasteiger partial charge in [0.05, 0.1) is 23.7 Å². The number of nitrogens with two attached hydrogens (primary N) is 2. The van der Waals surface area contributed by atoms with Crippen LogP contribution in [0.3, 0.4) is 0 Å². The summed E-state index contributed by atoms with van der Waals surface area (Å²) in [5.74, 6) is 7.59. The molecule has 0 radical (unpaired) electrons. The van der Waals surface area contributed by atoms with E-state index in [-0.39, 0.29) is 23.7 Å². The van der Waals surface area contributed by atoms with Gasteiger partial charge in [0.1, 0.15) is 28.0 Å². The molecule has 1 saturated carbocycles. The molecule has 5 rings (SSSR count). The predicted molar refractivity (Wildman–Crippen MR) is 141 cm³/mol. The molecule has 0 atom stereocenters. The lowest BCUT2D eigenvalue weighted by Crippen LogP contribution is -2.33. The van der Waals surface area contributed by atoms with E-state index in [1.165, 1.54) is 23.0 Å². The zero-order valence-electron chi connectivity index (χ0n) is 19.6. The van der Waals surface area contributed by atoms with Crippen molar-refractivity contribution in [2.75, 3.05) is 14.2 Å². The van der Waals surface area contributed by atoms with E-state index in [1.54, 1.807) is 25.3 Å². The van der Waals surface area contributed by atoms with Gasteiger partial charge in [-0.25, -0.2) is 15.9 Å². The first-order valence-electron chi connectivity index (χ1n) is 11.1. The summed E-state index contributed by atoms with van der Waals surface area (Å²) in [4.78, 5) is 38.2. The van der Waals surface area contributed by atoms with Crippen LogP contribution in [-0.2, 0) is 6.54 Å². The Hall–Kier alpha value is -3.28. The lowest BCUT2D eigenvalue weighted by Gasteiger charge is -2.16. The summed E-state index contributed by atoms with van der Waals surface area (Å²) < 4.78 is 12.8. The maximum absolute atomic E-state index is 14.0. The first-order valence-corrected chi connectivity index (χ1v) is 13.1. The summed E-state index contributed by atoms with van der Waals surface area (Å²) in [7, 11) is 0.535. The quantitative estimate of drug-likeness (QED) is 0.0886. The van der Waals surface area contributed by atoms with Gasteiger partial charge < -0.3 is 24.8 Å². The second kappa shape index (κ2) is 9.64. The van der Waals surface area contributed by atoms with Gasteiger partial charge in [0.25, 0.3) is 5.56 Å². The van der Waals surface area contributed by atoms with Crippen molar-refractivity contribution in [1.29, 1.82) is 0 Å². The SMILES string of the molecule is COc1ccc(-c2nc3sc4c(OP(O)O)cccc4c3c(=O)n2C/C(N)=N/N(C)N)c(C2CC2)c1. The van der Waals surface area contributed by atoms with E-state index in [1.807, 2.05) is 18.2 Å². The molecule has 11 nitrogen and oxygen atoms in total. The number of rotatable bonds is 8. The third-order valence-corrected chi connectivity index (χ3v) is 7.36. The molecule has 0 saturated heterocycles. The normalized spacial score (nSPS) is 14.1. The van der Waals surface area contributed by atoms with Crippen LogP contribution in [0.5, 0.6) is 11.5 Å². The number of nitrogens with zero attached hydrogens (tertiary/aromatic N) is 4. The van der Waals surface area contributed by atoms with Crippen LogP contribution in [0.15, 0.2) is 46.3 Å². The lowest BCUT2D eigenvalue weighted by atomic mass is 10.0. The summed E-state index contributed by atoms with van der Waals surface area (Å²) >= 11 is 1.25. The summed E-state index contributed by atoms with van der Waals surface area (Å²) in [5, 5.41) is 6.13. The predicted octanol–water partition coefficient (Wildman–Crippen LogP) is 2.83. The fourth-order valence-corrected chi connectivity index (χ4v) is 5.77. The zero-order valence-corrected chi connectivity index (χ0v) is 21.3. The van der Waals surface area contributed by atoms with E-state index in [9.17, 15) is 14.6 Å². The van der Waals surface area contributed by atoms with Gasteiger partial charge in [0.15, 0.2) is 0 Å². The van der Waals surface area contributed by atoms with Gasteiger partial charge >= 0.3 is 8.60 Å². The van der Waals surface area contributed by atoms with Gasteiger partial charge in [-0.15, -0.1) is 16.4 Å². The van der Waals surface area contributed by atoms with E-state index >= 15 is 0 Å². The fourth-order valence-electron chi connectivity index (χ4n) is 4.27. The number of thiophene rings is 1. The summed E-state index contributed by atoms with van der Waals surface area (Å²) in [6.45, 7) is -0.0269. The molecular weight excluding hydrogens is 503 g/mol. The zero-order chi connectivity index (χ0) is 25.6. The molecule has 0 unspecified atom stereocenters. The Morgan fingerprint density at radius 2 is 2.11 bits per heavy atom. The largest absolute Gasteiger partial charge is 0.497 e. The highest BCUT2D eigenvalue weighted by molar-refractivity contribution is 7.40. The molecule has 13 heteroatoms. The third kappa shape index (κ3) is 4.61. The van der Waals surface area contributed by atoms with Crippen LogP contribution in [0.4, 0.5) is 0 Å². The molecule has 188 valence electrons. The van der Waals surface area contributed by atoms with Gasteiger partial charge in [-0.3, -0.25) is 9.36 Å². The highest BCUT2D eigenvalue weighted by Gasteiger charge is 2.29. The van der Waals surface area contributed by atoms with Crippen LogP contribution >= 0.6 is 19.9 Å². The van der Waals surface area contributed by atoms with Crippen molar-refractivity contribution in [1.82, 2.24) is 14.7 Å². The van der Waals surface area contributed by atoms with E-state index in [2.05, 4.69) is 5.10 Å². The van der Waals surface area contributed by atoms with Crippen molar-refractivity contribution >= 4 is 46.1 Å². The Kier molecular flexibility index (Phi) is 6.54. The van der Waals surface area contributed by atoms with E-state index in [0.717, 1.165) is 34.8 Å². The van der Waals surface area contributed by atoms with Crippen molar-refractivity contribution in [3.8, 4) is 22.9 Å². The molecule has 6 N–H and O–H groups in total. The number of benzene rings is 2. The van der Waals surface area contributed by atoms with E-state index in [0.29, 0.717) is 32.0 Å². The van der Waals surface area contributed by atoms with Crippen LogP contribution in [0.2, 0.25) is 0 Å². The number of hydrazine groups is 1. The van der Waals surface area contributed by atoms with Gasteiger partial charge in [-0.05, 0) is 48.6 Å². The summed E-state index contributed by atoms with van der Waals surface area (Å²) in [5.41, 5.74) is 7.70. The molecule has 1 aliphatic carbocycles. The second-order valence-electron chi connectivity index (χ2n) is 8.48. The van der Waals surface area contributed by atoms with Crippen molar-refractivity contribution in [2.24, 2.45) is 16.7 Å². The Balaban J connectivity index is 1.80. The number of hydrogen-bond acceptors (Lipinski definition) is 10. The number of methoxy groups -OCH3 is 1. The molecule has 2 heterocycles. The number of aromatic nitrogens is 2. The molecule has 1 fully saturated rings. The minimum absolute atomic E-state index is 0.0269. The number of fused-ring (bicyclic) bond motifs is 3. The van der Waals surface area contributed by atoms with Crippen molar-refractivity contribution in [2.45, 2.75) is 25.3 Å². The molecule has 0 bridgehead atoms. The van der Waals surface area contributed by atoms with Crippen LogP contribution in [0.1, 0.15) is 24.3 Å². The maximum Gasteiger partial charge on any atom is 0.391 e. The molecule has 2 aromatic heterocycles. The van der Waals surface area contributed by atoms with Crippen molar-refractivity contribution in [3.05, 3.63) is 52.3 Å². The second-order valence-corrected chi connectivity index (χ2v) is 10.2. The number of ether oxygens (including phenoxy) is 1. The highest BCUT2D eigenvalue weighted by Crippen LogP contribution is 2.46. The lowest BCUT2D eigenvalue weighted by molar-refractivity contribution is 0.369. The molecule has 0 aliphatic heterocycles. The molecule has 0 amide bonds. The highest BCUT2D eigenvalue weighted by atomic mass is 32.1. The first kappa shape index (κ1) is 24.4. The van der Waals surface area contributed by atoms with Gasteiger partial charge in [0, 0.05) is 18.0 Å². The van der Waals surface area contributed by atoms with Crippen LogP contribution in [0.25, 0.3) is 31.7 Å². The molecule has 36 heavy (non-hydrogen) atoms. The summed E-state index contributed by atoms with van der Waals surface area (Å²) in [6.07, 6.45) is 2.09. The Bertz CT molecular complexity index is 1550. The number of hydrazone groups is 1. The van der Waals surface area contributed by atoms with Gasteiger partial charge in [-0.2, -0.15) is 0 Å². The molecule has 2 aromatic carbocycles. The third-order valence-electron chi connectivity index (χ3n) is 5.89. The molecule has 0 spiro atoms. The molecular formula is C23H25N6O5PS. The molecule has 4 aromatic rings. The smallest absolute Gasteiger partial charge is 0.391 e. The van der Waals surface area contributed by atoms with Crippen LogP contribution < -0.4 is 26.4 Å². The minimum Gasteiger partial charge on any atom is -0.497 e. The van der Waals surface area contributed by atoms with Gasteiger partial charge in [0.2, 0.25) is 0 Å².